The van der Waals surface area contributed by atoms with Crippen molar-refractivity contribution in [3.63, 3.8) is 0 Å². The summed E-state index contributed by atoms with van der Waals surface area (Å²) in [4.78, 5) is 15.9. The first-order chi connectivity index (χ1) is 8.66. The molecule has 18 heavy (non-hydrogen) atoms. The Bertz CT molecular complexity index is 400. The van der Waals surface area contributed by atoms with Crippen molar-refractivity contribution < 1.29 is 14.3 Å². The van der Waals surface area contributed by atoms with E-state index >= 15 is 0 Å². The van der Waals surface area contributed by atoms with E-state index in [2.05, 4.69) is 4.98 Å². The van der Waals surface area contributed by atoms with Gasteiger partial charge in [0.2, 0.25) is 0 Å². The van der Waals surface area contributed by atoms with Gasteiger partial charge >= 0.3 is 5.97 Å². The van der Waals surface area contributed by atoms with Crippen LogP contribution in [0.3, 0.4) is 0 Å². The minimum Gasteiger partial charge on any atom is -0.461 e. The van der Waals surface area contributed by atoms with Crippen molar-refractivity contribution in [2.24, 2.45) is 11.7 Å². The van der Waals surface area contributed by atoms with Crippen molar-refractivity contribution in [1.82, 2.24) is 4.98 Å². The first kappa shape index (κ1) is 13.5. The molecule has 100 valence electrons. The molecule has 0 saturated carbocycles. The van der Waals surface area contributed by atoms with E-state index in [9.17, 15) is 4.79 Å². The third-order valence-corrected chi connectivity index (χ3v) is 3.96. The van der Waals surface area contributed by atoms with E-state index in [4.69, 9.17) is 15.2 Å². The molecule has 0 radical (unpaired) electrons. The number of aromatic nitrogens is 1. The van der Waals surface area contributed by atoms with Gasteiger partial charge < -0.3 is 15.2 Å². The van der Waals surface area contributed by atoms with Gasteiger partial charge in [-0.25, -0.2) is 9.78 Å². The molecule has 0 amide bonds. The Kier molecular flexibility index (Phi) is 4.68. The zero-order valence-electron chi connectivity index (χ0n) is 10.4. The van der Waals surface area contributed by atoms with E-state index < -0.39 is 0 Å². The highest BCUT2D eigenvalue weighted by molar-refractivity contribution is 7.09. The van der Waals surface area contributed by atoms with E-state index in [1.807, 2.05) is 6.92 Å². The number of esters is 1. The molecule has 1 aliphatic heterocycles. The molecule has 1 saturated heterocycles. The van der Waals surface area contributed by atoms with E-state index in [1.54, 1.807) is 5.38 Å². The summed E-state index contributed by atoms with van der Waals surface area (Å²) in [6.07, 6.45) is 1.91. The number of thiazole rings is 1. The van der Waals surface area contributed by atoms with Crippen LogP contribution in [-0.2, 0) is 9.47 Å². The van der Waals surface area contributed by atoms with Crippen LogP contribution in [-0.4, -0.2) is 30.8 Å². The average Bonchev–Trinajstić information content (AvgIpc) is 2.87. The number of nitrogens with zero attached hydrogens (tertiary/aromatic N) is 1. The first-order valence-corrected chi connectivity index (χ1v) is 7.00. The van der Waals surface area contributed by atoms with E-state index in [0.29, 0.717) is 18.2 Å². The van der Waals surface area contributed by atoms with Crippen LogP contribution in [0, 0.1) is 5.92 Å². The molecule has 2 heterocycles. The summed E-state index contributed by atoms with van der Waals surface area (Å²) in [6.45, 7) is 3.81. The quantitative estimate of drug-likeness (QED) is 0.844. The van der Waals surface area contributed by atoms with Gasteiger partial charge in [-0.05, 0) is 25.7 Å². The highest BCUT2D eigenvalue weighted by atomic mass is 32.1. The standard InChI is InChI=1S/C12H18N2O3S/c1-8(13)11-14-10(7-18-11)12(15)17-6-9-2-4-16-5-3-9/h7-9H,2-6,13H2,1H3. The molecular formula is C12H18N2O3S. The Hall–Kier alpha value is -0.980. The van der Waals surface area contributed by atoms with Crippen LogP contribution >= 0.6 is 11.3 Å². The van der Waals surface area contributed by atoms with Crippen molar-refractivity contribution >= 4 is 17.3 Å². The Morgan fingerprint density at radius 3 is 3.00 bits per heavy atom. The summed E-state index contributed by atoms with van der Waals surface area (Å²) in [5.41, 5.74) is 6.06. The van der Waals surface area contributed by atoms with Gasteiger partial charge in [-0.1, -0.05) is 0 Å². The number of hydrogen-bond donors (Lipinski definition) is 1. The fourth-order valence-corrected chi connectivity index (χ4v) is 2.52. The van der Waals surface area contributed by atoms with Crippen molar-refractivity contribution in [2.75, 3.05) is 19.8 Å². The summed E-state index contributed by atoms with van der Waals surface area (Å²) >= 11 is 1.39. The lowest BCUT2D eigenvalue weighted by atomic mass is 10.0. The van der Waals surface area contributed by atoms with Crippen LogP contribution in [0.2, 0.25) is 0 Å². The highest BCUT2D eigenvalue weighted by Gasteiger charge is 2.18. The summed E-state index contributed by atoms with van der Waals surface area (Å²) in [7, 11) is 0. The minimum atomic E-state index is -0.357. The van der Waals surface area contributed by atoms with Gasteiger partial charge in [0.15, 0.2) is 5.69 Å². The molecule has 2 N–H and O–H groups in total. The summed E-state index contributed by atoms with van der Waals surface area (Å²) in [6, 6.07) is -0.146. The predicted molar refractivity (Wildman–Crippen MR) is 68.5 cm³/mol. The van der Waals surface area contributed by atoms with Gasteiger partial charge in [0.1, 0.15) is 5.01 Å². The highest BCUT2D eigenvalue weighted by Crippen LogP contribution is 2.18. The molecule has 0 aliphatic carbocycles. The molecule has 1 fully saturated rings. The Morgan fingerprint density at radius 1 is 1.67 bits per heavy atom. The van der Waals surface area contributed by atoms with Gasteiger partial charge in [0.25, 0.3) is 0 Å². The van der Waals surface area contributed by atoms with Gasteiger partial charge in [-0.15, -0.1) is 11.3 Å². The Balaban J connectivity index is 1.83. The summed E-state index contributed by atoms with van der Waals surface area (Å²) in [5, 5.41) is 2.46. The lowest BCUT2D eigenvalue weighted by Crippen LogP contribution is -2.22. The number of nitrogens with two attached hydrogens (primary N) is 1. The second kappa shape index (κ2) is 6.26. The van der Waals surface area contributed by atoms with Crippen LogP contribution in [0.5, 0.6) is 0 Å². The predicted octanol–water partition coefficient (Wildman–Crippen LogP) is 1.75. The Labute approximate surface area is 110 Å². The molecule has 2 rings (SSSR count). The lowest BCUT2D eigenvalue weighted by Gasteiger charge is -2.21. The number of carbonyl (C=O) groups excluding carboxylic acids is 1. The van der Waals surface area contributed by atoms with Crippen LogP contribution in [0.25, 0.3) is 0 Å². The first-order valence-electron chi connectivity index (χ1n) is 6.12. The normalized spacial score (nSPS) is 18.6. The molecular weight excluding hydrogens is 252 g/mol. The van der Waals surface area contributed by atoms with Crippen LogP contribution in [0.4, 0.5) is 0 Å². The summed E-state index contributed by atoms with van der Waals surface area (Å²) in [5.74, 6) is 0.0545. The smallest absolute Gasteiger partial charge is 0.357 e. The maximum absolute atomic E-state index is 11.8. The maximum Gasteiger partial charge on any atom is 0.357 e. The number of hydrogen-bond acceptors (Lipinski definition) is 6. The molecule has 0 spiro atoms. The molecule has 0 bridgehead atoms. The SMILES string of the molecule is CC(N)c1nc(C(=O)OCC2CCOCC2)cs1. The molecule has 1 aliphatic rings. The van der Waals surface area contributed by atoms with Gasteiger partial charge in [-0.2, -0.15) is 0 Å². The number of carbonyl (C=O) groups is 1. The van der Waals surface area contributed by atoms with Crippen molar-refractivity contribution in [2.45, 2.75) is 25.8 Å². The van der Waals surface area contributed by atoms with Gasteiger partial charge in [0, 0.05) is 18.6 Å². The van der Waals surface area contributed by atoms with E-state index in [0.717, 1.165) is 31.1 Å². The van der Waals surface area contributed by atoms with Gasteiger partial charge in [0.05, 0.1) is 12.6 Å². The molecule has 1 aromatic heterocycles. The molecule has 1 atom stereocenters. The fraction of sp³-hybridized carbons (Fsp3) is 0.667. The largest absolute Gasteiger partial charge is 0.461 e. The summed E-state index contributed by atoms with van der Waals surface area (Å²) < 4.78 is 10.5. The second-order valence-corrected chi connectivity index (χ2v) is 5.40. The molecule has 1 aromatic rings. The molecule has 0 aromatic carbocycles. The van der Waals surface area contributed by atoms with Crippen LogP contribution < -0.4 is 5.73 Å². The third kappa shape index (κ3) is 3.51. The minimum absolute atomic E-state index is 0.146. The molecule has 5 nitrogen and oxygen atoms in total. The number of ether oxygens (including phenoxy) is 2. The average molecular weight is 270 g/mol. The van der Waals surface area contributed by atoms with Crippen molar-refractivity contribution in [3.05, 3.63) is 16.1 Å². The van der Waals surface area contributed by atoms with Gasteiger partial charge in [-0.3, -0.25) is 0 Å². The van der Waals surface area contributed by atoms with Crippen molar-refractivity contribution in [3.8, 4) is 0 Å². The second-order valence-electron chi connectivity index (χ2n) is 4.51. The zero-order chi connectivity index (χ0) is 13.0. The van der Waals surface area contributed by atoms with E-state index in [1.165, 1.54) is 11.3 Å². The lowest BCUT2D eigenvalue weighted by molar-refractivity contribution is 0.0182. The number of rotatable bonds is 4. The zero-order valence-corrected chi connectivity index (χ0v) is 11.2. The van der Waals surface area contributed by atoms with Crippen LogP contribution in [0.1, 0.15) is 41.3 Å². The maximum atomic E-state index is 11.8. The van der Waals surface area contributed by atoms with E-state index in [-0.39, 0.29) is 12.0 Å². The monoisotopic (exact) mass is 270 g/mol. The van der Waals surface area contributed by atoms with Crippen LogP contribution in [0.15, 0.2) is 5.38 Å². The molecule has 6 heteroatoms. The Morgan fingerprint density at radius 2 is 2.39 bits per heavy atom. The topological polar surface area (TPSA) is 74.4 Å². The van der Waals surface area contributed by atoms with Crippen molar-refractivity contribution in [1.29, 1.82) is 0 Å². The fourth-order valence-electron chi connectivity index (χ4n) is 1.77. The molecule has 1 unspecified atom stereocenters. The third-order valence-electron chi connectivity index (χ3n) is 2.91.